The van der Waals surface area contributed by atoms with Gasteiger partial charge < -0.3 is 51.8 Å². The molecule has 344 valence electrons. The van der Waals surface area contributed by atoms with Gasteiger partial charge >= 0.3 is 0 Å². The quantitative estimate of drug-likeness (QED) is 0.0842. The second-order valence-electron chi connectivity index (χ2n) is 18.0. The number of halogens is 2. The Kier molecular flexibility index (Phi) is 12.4. The summed E-state index contributed by atoms with van der Waals surface area (Å²) in [5.74, 6) is 1.59. The average molecular weight is 1020 g/mol. The molecule has 3 fully saturated rings. The number of nitrogens with zero attached hydrogens (tertiary/aromatic N) is 8. The zero-order chi connectivity index (χ0) is 45.3. The second kappa shape index (κ2) is 18.0. The number of aliphatic hydroxyl groups is 2. The number of rotatable bonds is 8. The number of fused-ring (bicyclic) bond motifs is 5. The summed E-state index contributed by atoms with van der Waals surface area (Å²) in [7, 11) is 0. The molecule has 66 heavy (non-hydrogen) atoms. The van der Waals surface area contributed by atoms with Crippen molar-refractivity contribution in [2.75, 3.05) is 22.9 Å². The predicted molar refractivity (Wildman–Crippen MR) is 265 cm³/mol. The molecule has 0 spiro atoms. The molecule has 3 aliphatic rings. The van der Waals surface area contributed by atoms with Gasteiger partial charge in [-0.05, 0) is 144 Å². The van der Waals surface area contributed by atoms with E-state index in [2.05, 4.69) is 90.6 Å². The lowest BCUT2D eigenvalue weighted by Gasteiger charge is -2.24. The molecule has 8 atom stereocenters. The van der Waals surface area contributed by atoms with Gasteiger partial charge in [0.2, 0.25) is 0 Å². The van der Waals surface area contributed by atoms with Crippen LogP contribution in [0.15, 0.2) is 94.7 Å². The molecule has 0 bridgehead atoms. The van der Waals surface area contributed by atoms with Crippen molar-refractivity contribution in [1.29, 1.82) is 0 Å². The van der Waals surface area contributed by atoms with E-state index in [1.807, 2.05) is 67.2 Å². The zero-order valence-electron chi connectivity index (χ0n) is 35.8. The number of nitrogens with two attached hydrogens (primary N) is 4. The largest absolute Gasteiger partial charge is 0.390 e. The molecule has 2 aromatic carbocycles. The third kappa shape index (κ3) is 8.54. The van der Waals surface area contributed by atoms with Crippen LogP contribution in [0.1, 0.15) is 70.2 Å². The van der Waals surface area contributed by atoms with E-state index in [1.54, 1.807) is 0 Å². The highest BCUT2D eigenvalue weighted by molar-refractivity contribution is 9.11. The van der Waals surface area contributed by atoms with E-state index < -0.39 is 18.0 Å². The normalized spacial score (nSPS) is 24.5. The molecule has 18 heteroatoms. The maximum Gasteiger partial charge on any atom is 0.163 e. The van der Waals surface area contributed by atoms with Gasteiger partial charge in [-0.3, -0.25) is 0 Å². The highest BCUT2D eigenvalue weighted by atomic mass is 79.9. The smallest absolute Gasteiger partial charge is 0.163 e. The number of nitrogen functional groups attached to an aromatic ring is 4. The number of hydrogen-bond donors (Lipinski definition) is 6. The molecular formula is C48H54Br2N12O4. The molecule has 2 saturated carbocycles. The van der Waals surface area contributed by atoms with Gasteiger partial charge in [-0.2, -0.15) is 0 Å². The molecule has 2 aliphatic carbocycles. The predicted octanol–water partition coefficient (Wildman–Crippen LogP) is 8.08. The molecule has 8 aromatic rings. The van der Waals surface area contributed by atoms with E-state index in [4.69, 9.17) is 32.4 Å². The van der Waals surface area contributed by atoms with Crippen LogP contribution in [0.3, 0.4) is 0 Å². The van der Waals surface area contributed by atoms with E-state index in [1.165, 1.54) is 18.2 Å². The lowest BCUT2D eigenvalue weighted by molar-refractivity contribution is -0.160. The summed E-state index contributed by atoms with van der Waals surface area (Å²) in [5.41, 5.74) is 29.6. The Hall–Kier alpha value is -5.50. The molecular weight excluding hydrogens is 968 g/mol. The summed E-state index contributed by atoms with van der Waals surface area (Å²) in [6.07, 6.45) is 10.2. The summed E-state index contributed by atoms with van der Waals surface area (Å²) in [6.45, 7) is 3.98. The molecule has 0 amide bonds. The monoisotopic (exact) mass is 1020 g/mol. The van der Waals surface area contributed by atoms with Crippen LogP contribution in [0, 0.1) is 11.8 Å². The van der Waals surface area contributed by atoms with Gasteiger partial charge in [-0.1, -0.05) is 31.7 Å². The van der Waals surface area contributed by atoms with Crippen LogP contribution in [0.2, 0.25) is 0 Å². The van der Waals surface area contributed by atoms with Gasteiger partial charge in [-0.25, -0.2) is 29.9 Å². The van der Waals surface area contributed by atoms with Crippen LogP contribution in [-0.4, -0.2) is 79.5 Å². The number of aliphatic hydroxyl groups excluding tert-OH is 2. The molecule has 0 radical (unpaired) electrons. The minimum Gasteiger partial charge on any atom is -0.390 e. The first kappa shape index (κ1) is 45.6. The maximum atomic E-state index is 10.7. The maximum absolute atomic E-state index is 10.7. The summed E-state index contributed by atoms with van der Waals surface area (Å²) in [5, 5.41) is 25.2. The van der Waals surface area contributed by atoms with Crippen LogP contribution in [-0.2, 0) is 22.3 Å². The van der Waals surface area contributed by atoms with E-state index in [0.29, 0.717) is 41.3 Å². The Morgan fingerprint density at radius 3 is 1.65 bits per heavy atom. The average Bonchev–Trinajstić information content (AvgIpc) is 4.10. The van der Waals surface area contributed by atoms with Crippen molar-refractivity contribution in [1.82, 2.24) is 39.0 Å². The zero-order valence-corrected chi connectivity index (χ0v) is 39.0. The Bertz CT molecular complexity index is 3090. The van der Waals surface area contributed by atoms with Crippen LogP contribution >= 0.6 is 31.9 Å². The van der Waals surface area contributed by atoms with E-state index in [9.17, 15) is 10.2 Å². The number of ether oxygens (including phenoxy) is 2. The van der Waals surface area contributed by atoms with E-state index >= 15 is 0 Å². The minimum absolute atomic E-state index is 0. The third-order valence-corrected chi connectivity index (χ3v) is 14.7. The summed E-state index contributed by atoms with van der Waals surface area (Å²) in [6, 6.07) is 20.2. The van der Waals surface area contributed by atoms with Crippen molar-refractivity contribution < 1.29 is 19.7 Å². The van der Waals surface area contributed by atoms with Crippen molar-refractivity contribution in [2.24, 2.45) is 11.8 Å². The minimum atomic E-state index is -0.868. The number of anilines is 4. The molecule has 11 rings (SSSR count). The van der Waals surface area contributed by atoms with Crippen molar-refractivity contribution in [3.8, 4) is 0 Å². The summed E-state index contributed by atoms with van der Waals surface area (Å²) >= 11 is 6.86. The fourth-order valence-corrected chi connectivity index (χ4v) is 10.9. The number of hydrogen-bond acceptors (Lipinski definition) is 14. The van der Waals surface area contributed by atoms with Crippen molar-refractivity contribution >= 4 is 99.0 Å². The number of aryl methyl sites for hydroxylation is 2. The highest BCUT2D eigenvalue weighted by Crippen LogP contribution is 2.49. The standard InChI is InChI=1S/C25H27BrN6O2.C22H23BrN6O2.CH4/c1-25(2)33-20-15(6-4-13-3-5-14-10-17(26)23(28)31-18(14)9-13)11-19(21(20)34-25)32-8-7-16-22(27)29-12-30-24(16)32;23-15-8-12-3-1-11(7-16(12)28-21(15)25)2-4-13-9-17(19(31)18(13)30)29-6-5-14-20(24)26-10-27-22(14)29;/h3,5,7-10,12,15,19-21H,4,6,11H2,1-2H3,(H2,28,31)(H2,27,29,30);1,3,5-8,10,13,17-19,30-31H,2,4,9H2,(H2,25,28)(H2,24,26,27);1H4/t15-,19+,20+,21-;13-,17+,18+,19-;/m00./s1. The Labute approximate surface area is 398 Å². The number of aromatic nitrogens is 8. The fourth-order valence-electron chi connectivity index (χ4n) is 10.2. The van der Waals surface area contributed by atoms with E-state index in [-0.39, 0.29) is 37.6 Å². The Balaban J connectivity index is 0.000000164. The Morgan fingerprint density at radius 1 is 0.621 bits per heavy atom. The molecule has 7 heterocycles. The SMILES string of the molecule is C.CC1(C)O[C@@H]2[C@@H](CCc3ccc4cc(Br)c(N)nc4c3)C[C@@H](n3ccc4c(N)ncnc43)[C@@H]2O1.Nc1nc2cc(CC[C@H]3C[C@@H](n4ccc5c(N)ncnc54)[C@H](O)[C@@H]3O)ccc2cc1Br. The van der Waals surface area contributed by atoms with Gasteiger partial charge in [0.05, 0.1) is 55.0 Å². The van der Waals surface area contributed by atoms with E-state index in [0.717, 1.165) is 84.8 Å². The number of benzene rings is 2. The molecule has 1 saturated heterocycles. The van der Waals surface area contributed by atoms with Gasteiger partial charge in [-0.15, -0.1) is 0 Å². The summed E-state index contributed by atoms with van der Waals surface area (Å²) in [4.78, 5) is 26.0. The van der Waals surface area contributed by atoms with Crippen LogP contribution < -0.4 is 22.9 Å². The second-order valence-corrected chi connectivity index (χ2v) is 19.7. The molecule has 0 unspecified atom stereocenters. The lowest BCUT2D eigenvalue weighted by Crippen LogP contribution is -2.29. The topological polar surface area (TPSA) is 250 Å². The summed E-state index contributed by atoms with van der Waals surface area (Å²) < 4.78 is 18.5. The third-order valence-electron chi connectivity index (χ3n) is 13.5. The Morgan fingerprint density at radius 2 is 1.11 bits per heavy atom. The van der Waals surface area contributed by atoms with Crippen molar-refractivity contribution in [2.45, 2.75) is 102 Å². The lowest BCUT2D eigenvalue weighted by atomic mass is 9.95. The first-order chi connectivity index (χ1) is 31.2. The van der Waals surface area contributed by atoms with Gasteiger partial charge in [0.15, 0.2) is 5.79 Å². The number of pyridine rings is 2. The highest BCUT2D eigenvalue weighted by Gasteiger charge is 2.54. The first-order valence-electron chi connectivity index (χ1n) is 21.8. The van der Waals surface area contributed by atoms with Crippen molar-refractivity contribution in [3.05, 3.63) is 106 Å². The van der Waals surface area contributed by atoms with Crippen LogP contribution in [0.4, 0.5) is 23.3 Å². The molecule has 16 nitrogen and oxygen atoms in total. The van der Waals surface area contributed by atoms with Crippen LogP contribution in [0.25, 0.3) is 43.9 Å². The first-order valence-corrected chi connectivity index (χ1v) is 23.3. The molecule has 6 aromatic heterocycles. The van der Waals surface area contributed by atoms with Gasteiger partial charge in [0, 0.05) is 23.2 Å². The molecule has 10 N–H and O–H groups in total. The van der Waals surface area contributed by atoms with Crippen molar-refractivity contribution in [3.63, 3.8) is 0 Å². The molecule has 1 aliphatic heterocycles. The van der Waals surface area contributed by atoms with Crippen LogP contribution in [0.5, 0.6) is 0 Å². The van der Waals surface area contributed by atoms with Gasteiger partial charge in [0.25, 0.3) is 0 Å². The fraction of sp³-hybridized carbons (Fsp3) is 0.375. The van der Waals surface area contributed by atoms with Gasteiger partial charge in [0.1, 0.15) is 59.4 Å².